The molecule has 0 aromatic carbocycles. The number of hydrogen-bond donors (Lipinski definition) is 1. The van der Waals surface area contributed by atoms with Crippen molar-refractivity contribution in [3.8, 4) is 6.07 Å². The Morgan fingerprint density at radius 1 is 1.82 bits per heavy atom. The van der Waals surface area contributed by atoms with E-state index in [1.54, 1.807) is 6.92 Å². The Bertz CT molecular complexity index is 181. The fraction of sp³-hybridized carbons (Fsp3) is 0.714. The molecule has 0 aliphatic carbocycles. The van der Waals surface area contributed by atoms with Crippen molar-refractivity contribution in [1.29, 1.82) is 5.26 Å². The predicted octanol–water partition coefficient (Wildman–Crippen LogP) is 0.181. The number of esters is 1. The van der Waals surface area contributed by atoms with Gasteiger partial charge in [0.15, 0.2) is 0 Å². The van der Waals surface area contributed by atoms with E-state index in [0.29, 0.717) is 6.42 Å². The van der Waals surface area contributed by atoms with E-state index in [2.05, 4.69) is 4.74 Å². The lowest BCUT2D eigenvalue weighted by atomic mass is 9.98. The standard InChI is InChI=1S/C7H12N2O2/c1-7(9,4-3-5-8)6(10)11-2/h3-4,9H2,1-2H3/t7-/m0/s1. The maximum atomic E-state index is 10.9. The summed E-state index contributed by atoms with van der Waals surface area (Å²) in [5, 5.41) is 8.23. The minimum atomic E-state index is -1.02. The van der Waals surface area contributed by atoms with E-state index in [0.717, 1.165) is 0 Å². The molecule has 0 spiro atoms. The van der Waals surface area contributed by atoms with Crippen LogP contribution in [-0.4, -0.2) is 18.6 Å². The normalized spacial score (nSPS) is 14.7. The Labute approximate surface area is 65.9 Å². The summed E-state index contributed by atoms with van der Waals surface area (Å²) in [6, 6.07) is 1.91. The maximum Gasteiger partial charge on any atom is 0.325 e. The summed E-state index contributed by atoms with van der Waals surface area (Å²) in [5.41, 5.74) is 4.51. The van der Waals surface area contributed by atoms with Gasteiger partial charge in [0.2, 0.25) is 0 Å². The van der Waals surface area contributed by atoms with Crippen LogP contribution in [0.4, 0.5) is 0 Å². The Kier molecular flexibility index (Phi) is 3.55. The van der Waals surface area contributed by atoms with Gasteiger partial charge in [-0.25, -0.2) is 0 Å². The third-order valence-corrected chi connectivity index (χ3v) is 1.41. The Balaban J connectivity index is 4.01. The van der Waals surface area contributed by atoms with Crippen molar-refractivity contribution in [2.75, 3.05) is 7.11 Å². The van der Waals surface area contributed by atoms with Gasteiger partial charge in [0.05, 0.1) is 13.2 Å². The number of methoxy groups -OCH3 is 1. The number of carbonyl (C=O) groups is 1. The van der Waals surface area contributed by atoms with E-state index in [9.17, 15) is 4.79 Å². The smallest absolute Gasteiger partial charge is 0.325 e. The van der Waals surface area contributed by atoms with Gasteiger partial charge in [-0.05, 0) is 13.3 Å². The molecule has 0 heterocycles. The van der Waals surface area contributed by atoms with Gasteiger partial charge in [-0.2, -0.15) is 5.26 Å². The summed E-state index contributed by atoms with van der Waals surface area (Å²) in [4.78, 5) is 10.9. The molecule has 4 nitrogen and oxygen atoms in total. The molecule has 4 heteroatoms. The summed E-state index contributed by atoms with van der Waals surface area (Å²) >= 11 is 0. The molecule has 0 aliphatic rings. The first-order valence-corrected chi connectivity index (χ1v) is 3.29. The Morgan fingerprint density at radius 3 is 2.73 bits per heavy atom. The van der Waals surface area contributed by atoms with Crippen molar-refractivity contribution in [1.82, 2.24) is 0 Å². The highest BCUT2D eigenvalue weighted by Gasteiger charge is 2.28. The molecule has 62 valence electrons. The SMILES string of the molecule is COC(=O)[C@@](C)(N)CCC#N. The van der Waals surface area contributed by atoms with Crippen LogP contribution in [0.25, 0.3) is 0 Å². The molecule has 0 fully saturated rings. The van der Waals surface area contributed by atoms with Crippen molar-refractivity contribution >= 4 is 5.97 Å². The van der Waals surface area contributed by atoms with Crippen LogP contribution in [0.3, 0.4) is 0 Å². The zero-order chi connectivity index (χ0) is 8.91. The average Bonchev–Trinajstić information content (AvgIpc) is 1.99. The van der Waals surface area contributed by atoms with Crippen molar-refractivity contribution in [3.05, 3.63) is 0 Å². The second-order valence-electron chi connectivity index (χ2n) is 2.57. The number of hydrogen-bond acceptors (Lipinski definition) is 4. The second kappa shape index (κ2) is 3.94. The molecular weight excluding hydrogens is 144 g/mol. The molecule has 0 radical (unpaired) electrons. The highest BCUT2D eigenvalue weighted by atomic mass is 16.5. The van der Waals surface area contributed by atoms with E-state index in [1.165, 1.54) is 7.11 Å². The van der Waals surface area contributed by atoms with Gasteiger partial charge < -0.3 is 10.5 Å². The minimum Gasteiger partial charge on any atom is -0.468 e. The molecule has 11 heavy (non-hydrogen) atoms. The zero-order valence-electron chi connectivity index (χ0n) is 6.76. The maximum absolute atomic E-state index is 10.9. The van der Waals surface area contributed by atoms with Crippen LogP contribution in [0.1, 0.15) is 19.8 Å². The highest BCUT2D eigenvalue weighted by Crippen LogP contribution is 2.09. The third kappa shape index (κ3) is 3.01. The second-order valence-corrected chi connectivity index (χ2v) is 2.57. The summed E-state index contributed by atoms with van der Waals surface area (Å²) in [6.45, 7) is 1.55. The molecular formula is C7H12N2O2. The quantitative estimate of drug-likeness (QED) is 0.591. The number of nitrogens with zero attached hydrogens (tertiary/aromatic N) is 1. The molecule has 0 aliphatic heterocycles. The average molecular weight is 156 g/mol. The van der Waals surface area contributed by atoms with Gasteiger partial charge in [0, 0.05) is 6.42 Å². The fourth-order valence-corrected chi connectivity index (χ4v) is 0.651. The third-order valence-electron chi connectivity index (χ3n) is 1.41. The van der Waals surface area contributed by atoms with E-state index in [1.807, 2.05) is 6.07 Å². The summed E-state index contributed by atoms with van der Waals surface area (Å²) in [6.07, 6.45) is 0.596. The fourth-order valence-electron chi connectivity index (χ4n) is 0.651. The van der Waals surface area contributed by atoms with Crippen LogP contribution in [0.5, 0.6) is 0 Å². The minimum absolute atomic E-state index is 0.266. The zero-order valence-corrected chi connectivity index (χ0v) is 6.76. The molecule has 0 saturated carbocycles. The molecule has 0 saturated heterocycles. The first kappa shape index (κ1) is 9.92. The van der Waals surface area contributed by atoms with Crippen LogP contribution in [0, 0.1) is 11.3 Å². The Hall–Kier alpha value is -1.08. The van der Waals surface area contributed by atoms with Gasteiger partial charge in [0.1, 0.15) is 5.54 Å². The lowest BCUT2D eigenvalue weighted by Crippen LogP contribution is -2.45. The number of nitrogens with two attached hydrogens (primary N) is 1. The lowest BCUT2D eigenvalue weighted by Gasteiger charge is -2.19. The van der Waals surface area contributed by atoms with Crippen molar-refractivity contribution in [3.63, 3.8) is 0 Å². The van der Waals surface area contributed by atoms with E-state index >= 15 is 0 Å². The first-order valence-electron chi connectivity index (χ1n) is 3.29. The molecule has 2 N–H and O–H groups in total. The molecule has 0 aromatic rings. The van der Waals surface area contributed by atoms with Crippen LogP contribution in [0.15, 0.2) is 0 Å². The summed E-state index contributed by atoms with van der Waals surface area (Å²) in [5.74, 6) is -0.479. The predicted molar refractivity (Wildman–Crippen MR) is 39.5 cm³/mol. The van der Waals surface area contributed by atoms with E-state index in [-0.39, 0.29) is 6.42 Å². The van der Waals surface area contributed by atoms with Crippen LogP contribution >= 0.6 is 0 Å². The van der Waals surface area contributed by atoms with Crippen LogP contribution < -0.4 is 5.73 Å². The van der Waals surface area contributed by atoms with Crippen LogP contribution in [0.2, 0.25) is 0 Å². The number of carbonyl (C=O) groups excluding carboxylic acids is 1. The molecule has 0 unspecified atom stereocenters. The largest absolute Gasteiger partial charge is 0.468 e. The molecule has 0 aromatic heterocycles. The molecule has 0 amide bonds. The van der Waals surface area contributed by atoms with E-state index in [4.69, 9.17) is 11.0 Å². The topological polar surface area (TPSA) is 76.1 Å². The monoisotopic (exact) mass is 156 g/mol. The molecule has 0 bridgehead atoms. The van der Waals surface area contributed by atoms with Crippen molar-refractivity contribution in [2.24, 2.45) is 5.73 Å². The van der Waals surface area contributed by atoms with Gasteiger partial charge in [-0.15, -0.1) is 0 Å². The molecule has 0 rings (SSSR count). The van der Waals surface area contributed by atoms with Crippen molar-refractivity contribution in [2.45, 2.75) is 25.3 Å². The van der Waals surface area contributed by atoms with Crippen molar-refractivity contribution < 1.29 is 9.53 Å². The number of rotatable bonds is 3. The van der Waals surface area contributed by atoms with E-state index < -0.39 is 11.5 Å². The Morgan fingerprint density at radius 2 is 2.36 bits per heavy atom. The van der Waals surface area contributed by atoms with Crippen LogP contribution in [-0.2, 0) is 9.53 Å². The van der Waals surface area contributed by atoms with Gasteiger partial charge in [-0.1, -0.05) is 0 Å². The lowest BCUT2D eigenvalue weighted by molar-refractivity contribution is -0.146. The summed E-state index contributed by atoms with van der Waals surface area (Å²) < 4.78 is 4.44. The summed E-state index contributed by atoms with van der Waals surface area (Å²) in [7, 11) is 1.28. The van der Waals surface area contributed by atoms with Gasteiger partial charge in [-0.3, -0.25) is 4.79 Å². The first-order chi connectivity index (χ1) is 5.04. The number of ether oxygens (including phenoxy) is 1. The van der Waals surface area contributed by atoms with Gasteiger partial charge in [0.25, 0.3) is 0 Å². The van der Waals surface area contributed by atoms with Gasteiger partial charge >= 0.3 is 5.97 Å². The highest BCUT2D eigenvalue weighted by molar-refractivity contribution is 5.79. The number of nitriles is 1. The molecule has 1 atom stereocenters.